The fourth-order valence-electron chi connectivity index (χ4n) is 2.77. The molecule has 1 aliphatic carbocycles. The summed E-state index contributed by atoms with van der Waals surface area (Å²) in [5.41, 5.74) is 1.86. The Kier molecular flexibility index (Phi) is 4.89. The third kappa shape index (κ3) is 4.09. The molecule has 142 valence electrons. The maximum absolute atomic E-state index is 12.5. The fraction of sp³-hybridized carbons (Fsp3) is 0.238. The molecule has 0 spiro atoms. The van der Waals surface area contributed by atoms with Gasteiger partial charge in [0.1, 0.15) is 6.04 Å². The summed E-state index contributed by atoms with van der Waals surface area (Å²) in [5, 5.41) is 9.53. The molecule has 2 amide bonds. The number of nitrogens with one attached hydrogen (secondary N) is 2. The molecule has 0 unspecified atom stereocenters. The van der Waals surface area contributed by atoms with Crippen LogP contribution in [0, 0.1) is 0 Å². The second kappa shape index (κ2) is 7.64. The summed E-state index contributed by atoms with van der Waals surface area (Å²) in [6, 6.07) is 15.3. The van der Waals surface area contributed by atoms with Gasteiger partial charge in [0.2, 0.25) is 17.6 Å². The number of carbonyl (C=O) groups is 2. The zero-order chi connectivity index (χ0) is 19.5. The lowest BCUT2D eigenvalue weighted by Crippen LogP contribution is -2.41. The minimum absolute atomic E-state index is 0.295. The SMILES string of the molecule is C[C@H](NC(=O)c1ccccc1)C(=O)Nc1cccc(-c2noc(C3CC3)n2)c1. The Labute approximate surface area is 162 Å². The van der Waals surface area contributed by atoms with E-state index in [1.807, 2.05) is 18.2 Å². The molecule has 28 heavy (non-hydrogen) atoms. The Balaban J connectivity index is 1.40. The molecule has 1 saturated carbocycles. The van der Waals surface area contributed by atoms with Gasteiger partial charge in [0.05, 0.1) is 0 Å². The number of anilines is 1. The van der Waals surface area contributed by atoms with Crippen LogP contribution in [0.15, 0.2) is 59.1 Å². The Morgan fingerprint density at radius 1 is 1.11 bits per heavy atom. The van der Waals surface area contributed by atoms with E-state index in [0.29, 0.717) is 28.9 Å². The summed E-state index contributed by atoms with van der Waals surface area (Å²) in [6.45, 7) is 1.64. The lowest BCUT2D eigenvalue weighted by molar-refractivity contribution is -0.117. The van der Waals surface area contributed by atoms with Gasteiger partial charge < -0.3 is 15.2 Å². The first-order chi connectivity index (χ1) is 13.6. The van der Waals surface area contributed by atoms with E-state index in [4.69, 9.17) is 4.52 Å². The molecule has 7 heteroatoms. The third-order valence-corrected chi connectivity index (χ3v) is 4.53. The van der Waals surface area contributed by atoms with E-state index in [-0.39, 0.29) is 11.8 Å². The molecule has 1 atom stereocenters. The first-order valence-electron chi connectivity index (χ1n) is 9.21. The first-order valence-corrected chi connectivity index (χ1v) is 9.21. The van der Waals surface area contributed by atoms with Gasteiger partial charge in [0.15, 0.2) is 0 Å². The average Bonchev–Trinajstić information content (AvgIpc) is 3.45. The van der Waals surface area contributed by atoms with E-state index in [1.54, 1.807) is 43.3 Å². The summed E-state index contributed by atoms with van der Waals surface area (Å²) < 4.78 is 5.29. The van der Waals surface area contributed by atoms with Crippen molar-refractivity contribution in [3.63, 3.8) is 0 Å². The van der Waals surface area contributed by atoms with Gasteiger partial charge in [-0.2, -0.15) is 4.98 Å². The zero-order valence-corrected chi connectivity index (χ0v) is 15.4. The summed E-state index contributed by atoms with van der Waals surface area (Å²) in [4.78, 5) is 29.1. The summed E-state index contributed by atoms with van der Waals surface area (Å²) in [7, 11) is 0. The molecule has 0 saturated heterocycles. The van der Waals surface area contributed by atoms with Gasteiger partial charge in [-0.05, 0) is 44.0 Å². The first kappa shape index (κ1) is 17.9. The minimum Gasteiger partial charge on any atom is -0.341 e. The number of hydrogen-bond acceptors (Lipinski definition) is 5. The molecule has 1 fully saturated rings. The Morgan fingerprint density at radius 3 is 2.64 bits per heavy atom. The number of carbonyl (C=O) groups excluding carboxylic acids is 2. The average molecular weight is 376 g/mol. The van der Waals surface area contributed by atoms with E-state index >= 15 is 0 Å². The standard InChI is InChI=1S/C21H20N4O3/c1-13(22-20(27)14-6-3-2-4-7-14)19(26)23-17-9-5-8-16(12-17)18-24-21(28-25-18)15-10-11-15/h2-9,12-13,15H,10-11H2,1H3,(H,22,27)(H,23,26)/t13-/m0/s1. The Morgan fingerprint density at radius 2 is 1.89 bits per heavy atom. The fourth-order valence-corrected chi connectivity index (χ4v) is 2.77. The van der Waals surface area contributed by atoms with Crippen LogP contribution in [0.3, 0.4) is 0 Å². The molecular formula is C21H20N4O3. The lowest BCUT2D eigenvalue weighted by atomic mass is 10.1. The highest BCUT2D eigenvalue weighted by Gasteiger charge is 2.29. The number of aromatic nitrogens is 2. The molecule has 0 aliphatic heterocycles. The molecule has 4 rings (SSSR count). The summed E-state index contributed by atoms with van der Waals surface area (Å²) in [6.07, 6.45) is 2.18. The van der Waals surface area contributed by atoms with Crippen molar-refractivity contribution in [3.05, 3.63) is 66.1 Å². The molecule has 2 N–H and O–H groups in total. The van der Waals surface area contributed by atoms with Crippen LogP contribution in [0.5, 0.6) is 0 Å². The van der Waals surface area contributed by atoms with Crippen LogP contribution >= 0.6 is 0 Å². The summed E-state index contributed by atoms with van der Waals surface area (Å²) >= 11 is 0. The van der Waals surface area contributed by atoms with Crippen LogP contribution in [0.1, 0.15) is 41.9 Å². The van der Waals surface area contributed by atoms with Gasteiger partial charge in [-0.1, -0.05) is 35.5 Å². The molecule has 3 aromatic rings. The number of rotatable bonds is 6. The number of amides is 2. The van der Waals surface area contributed by atoms with Gasteiger partial charge in [0.25, 0.3) is 5.91 Å². The van der Waals surface area contributed by atoms with Gasteiger partial charge in [-0.15, -0.1) is 0 Å². The van der Waals surface area contributed by atoms with Crippen LogP contribution in [-0.4, -0.2) is 28.0 Å². The summed E-state index contributed by atoms with van der Waals surface area (Å²) in [5.74, 6) is 0.952. The number of benzene rings is 2. The quantitative estimate of drug-likeness (QED) is 0.687. The van der Waals surface area contributed by atoms with E-state index in [2.05, 4.69) is 20.8 Å². The maximum atomic E-state index is 12.5. The molecule has 0 radical (unpaired) electrons. The molecule has 7 nitrogen and oxygen atoms in total. The van der Waals surface area contributed by atoms with Crippen LogP contribution < -0.4 is 10.6 Å². The van der Waals surface area contributed by atoms with Crippen LogP contribution in [-0.2, 0) is 4.79 Å². The van der Waals surface area contributed by atoms with Crippen molar-refractivity contribution in [3.8, 4) is 11.4 Å². The van der Waals surface area contributed by atoms with Crippen LogP contribution in [0.2, 0.25) is 0 Å². The monoisotopic (exact) mass is 376 g/mol. The molecular weight excluding hydrogens is 356 g/mol. The number of nitrogens with zero attached hydrogens (tertiary/aromatic N) is 2. The highest BCUT2D eigenvalue weighted by molar-refractivity contribution is 6.01. The molecule has 1 heterocycles. The topological polar surface area (TPSA) is 97.1 Å². The van der Waals surface area contributed by atoms with Gasteiger partial charge in [0, 0.05) is 22.7 Å². The van der Waals surface area contributed by atoms with Crippen molar-refractivity contribution >= 4 is 17.5 Å². The van der Waals surface area contributed by atoms with Crippen molar-refractivity contribution in [2.75, 3.05) is 5.32 Å². The predicted octanol–water partition coefficient (Wildman–Crippen LogP) is 3.37. The second-order valence-corrected chi connectivity index (χ2v) is 6.86. The van der Waals surface area contributed by atoms with Crippen LogP contribution in [0.4, 0.5) is 5.69 Å². The Hall–Kier alpha value is -3.48. The van der Waals surface area contributed by atoms with Crippen LogP contribution in [0.25, 0.3) is 11.4 Å². The lowest BCUT2D eigenvalue weighted by Gasteiger charge is -2.14. The van der Waals surface area contributed by atoms with E-state index in [9.17, 15) is 9.59 Å². The predicted molar refractivity (Wildman–Crippen MR) is 104 cm³/mol. The molecule has 1 aliphatic rings. The normalized spacial score (nSPS) is 14.3. The van der Waals surface area contributed by atoms with Crippen molar-refractivity contribution in [2.45, 2.75) is 31.7 Å². The molecule has 0 bridgehead atoms. The van der Waals surface area contributed by atoms with Gasteiger partial charge in [-0.25, -0.2) is 0 Å². The van der Waals surface area contributed by atoms with E-state index in [1.165, 1.54) is 0 Å². The van der Waals surface area contributed by atoms with Gasteiger partial charge in [-0.3, -0.25) is 9.59 Å². The molecule has 1 aromatic heterocycles. The highest BCUT2D eigenvalue weighted by atomic mass is 16.5. The van der Waals surface area contributed by atoms with Crippen molar-refractivity contribution in [1.82, 2.24) is 15.5 Å². The zero-order valence-electron chi connectivity index (χ0n) is 15.4. The largest absolute Gasteiger partial charge is 0.341 e. The maximum Gasteiger partial charge on any atom is 0.251 e. The van der Waals surface area contributed by atoms with Crippen molar-refractivity contribution in [1.29, 1.82) is 0 Å². The van der Waals surface area contributed by atoms with E-state index < -0.39 is 6.04 Å². The second-order valence-electron chi connectivity index (χ2n) is 6.86. The highest BCUT2D eigenvalue weighted by Crippen LogP contribution is 2.39. The van der Waals surface area contributed by atoms with Gasteiger partial charge >= 0.3 is 0 Å². The minimum atomic E-state index is -0.692. The van der Waals surface area contributed by atoms with E-state index in [0.717, 1.165) is 18.4 Å². The molecule has 2 aromatic carbocycles. The van der Waals surface area contributed by atoms with Crippen molar-refractivity contribution < 1.29 is 14.1 Å². The number of hydrogen-bond donors (Lipinski definition) is 2. The van der Waals surface area contributed by atoms with Crippen molar-refractivity contribution in [2.24, 2.45) is 0 Å². The Bertz CT molecular complexity index is 996. The third-order valence-electron chi connectivity index (χ3n) is 4.53. The smallest absolute Gasteiger partial charge is 0.251 e.